The molecule has 2 N–H and O–H groups in total. The Morgan fingerprint density at radius 2 is 1.42 bits per heavy atom. The third-order valence-electron chi connectivity index (χ3n) is 4.56. The van der Waals surface area contributed by atoms with E-state index in [1.807, 2.05) is 0 Å². The van der Waals surface area contributed by atoms with Gasteiger partial charge in [0.1, 0.15) is 5.78 Å². The SMILES string of the molecule is CCCCCCCCCCCCCOC(=O)CCSCCC(N)C(C)=O. The number of carbonyl (C=O) groups is 2. The van der Waals surface area contributed by atoms with Gasteiger partial charge in [-0.1, -0.05) is 71.1 Å². The van der Waals surface area contributed by atoms with E-state index in [0.717, 1.165) is 24.3 Å². The van der Waals surface area contributed by atoms with Gasteiger partial charge >= 0.3 is 5.97 Å². The first kappa shape index (κ1) is 25.4. The molecule has 0 bridgehead atoms. The van der Waals surface area contributed by atoms with E-state index in [0.29, 0.717) is 19.4 Å². The molecule has 0 rings (SSSR count). The van der Waals surface area contributed by atoms with E-state index in [4.69, 9.17) is 10.5 Å². The van der Waals surface area contributed by atoms with Crippen LogP contribution in [0, 0.1) is 0 Å². The third kappa shape index (κ3) is 18.2. The Bertz CT molecular complexity index is 350. The van der Waals surface area contributed by atoms with Crippen molar-refractivity contribution in [3.8, 4) is 0 Å². The molecule has 0 heterocycles. The van der Waals surface area contributed by atoms with Crippen LogP contribution < -0.4 is 5.73 Å². The summed E-state index contributed by atoms with van der Waals surface area (Å²) in [6.07, 6.45) is 15.4. The fraction of sp³-hybridized carbons (Fsp3) is 0.905. The Hall–Kier alpha value is -0.550. The van der Waals surface area contributed by atoms with Crippen molar-refractivity contribution in [3.63, 3.8) is 0 Å². The van der Waals surface area contributed by atoms with Gasteiger partial charge in [0, 0.05) is 5.75 Å². The Labute approximate surface area is 165 Å². The number of nitrogens with two attached hydrogens (primary N) is 1. The van der Waals surface area contributed by atoms with Gasteiger partial charge in [0.2, 0.25) is 0 Å². The van der Waals surface area contributed by atoms with Crippen LogP contribution >= 0.6 is 11.8 Å². The largest absolute Gasteiger partial charge is 0.466 e. The zero-order chi connectivity index (χ0) is 19.5. The zero-order valence-corrected chi connectivity index (χ0v) is 17.9. The molecule has 0 aromatic heterocycles. The molecule has 0 saturated carbocycles. The number of esters is 1. The molecule has 26 heavy (non-hydrogen) atoms. The normalized spacial score (nSPS) is 12.1. The van der Waals surface area contributed by atoms with Crippen LogP contribution in [-0.4, -0.2) is 35.9 Å². The quantitative estimate of drug-likeness (QED) is 0.241. The highest BCUT2D eigenvalue weighted by Gasteiger charge is 2.08. The molecule has 0 aliphatic carbocycles. The molecule has 4 nitrogen and oxygen atoms in total. The van der Waals surface area contributed by atoms with Crippen molar-refractivity contribution in [2.24, 2.45) is 5.73 Å². The average Bonchev–Trinajstić information content (AvgIpc) is 2.62. The van der Waals surface area contributed by atoms with E-state index in [1.165, 1.54) is 64.7 Å². The van der Waals surface area contributed by atoms with Gasteiger partial charge in [0.15, 0.2) is 0 Å². The van der Waals surface area contributed by atoms with Gasteiger partial charge in [-0.3, -0.25) is 9.59 Å². The highest BCUT2D eigenvalue weighted by atomic mass is 32.2. The van der Waals surface area contributed by atoms with Crippen molar-refractivity contribution in [2.75, 3.05) is 18.1 Å². The van der Waals surface area contributed by atoms with Crippen molar-refractivity contribution in [1.29, 1.82) is 0 Å². The van der Waals surface area contributed by atoms with Crippen molar-refractivity contribution >= 4 is 23.5 Å². The molecular formula is C21H41NO3S. The van der Waals surface area contributed by atoms with Gasteiger partial charge in [-0.05, 0) is 25.5 Å². The van der Waals surface area contributed by atoms with Crippen LogP contribution in [0.4, 0.5) is 0 Å². The highest BCUT2D eigenvalue weighted by Crippen LogP contribution is 2.11. The minimum absolute atomic E-state index is 0.0250. The van der Waals surface area contributed by atoms with Gasteiger partial charge in [-0.25, -0.2) is 0 Å². The molecule has 0 radical (unpaired) electrons. The number of Topliss-reactive ketones (excluding diaryl/α,β-unsaturated/α-hetero) is 1. The predicted octanol–water partition coefficient (Wildman–Crippen LogP) is 5.27. The van der Waals surface area contributed by atoms with Crippen molar-refractivity contribution in [2.45, 2.75) is 103 Å². The minimum Gasteiger partial charge on any atom is -0.466 e. The standard InChI is InChI=1S/C21H41NO3S/c1-3-4-5-6-7-8-9-10-11-12-13-16-25-21(24)15-18-26-17-14-20(22)19(2)23/h20H,3-18,22H2,1-2H3. The molecule has 5 heteroatoms. The molecule has 0 saturated heterocycles. The fourth-order valence-electron chi connectivity index (χ4n) is 2.70. The van der Waals surface area contributed by atoms with Crippen LogP contribution in [0.3, 0.4) is 0 Å². The number of carbonyl (C=O) groups excluding carboxylic acids is 2. The average molecular weight is 388 g/mol. The minimum atomic E-state index is -0.365. The summed E-state index contributed by atoms with van der Waals surface area (Å²) >= 11 is 1.66. The number of thioether (sulfide) groups is 1. The molecule has 0 aliphatic heterocycles. The Kier molecular flexibility index (Phi) is 18.8. The zero-order valence-electron chi connectivity index (χ0n) is 17.1. The molecular weight excluding hydrogens is 346 g/mol. The molecule has 0 aromatic rings. The summed E-state index contributed by atoms with van der Waals surface area (Å²) in [7, 11) is 0. The number of ether oxygens (including phenoxy) is 1. The summed E-state index contributed by atoms with van der Waals surface area (Å²) in [6.45, 7) is 4.32. The first-order chi connectivity index (χ1) is 12.6. The smallest absolute Gasteiger partial charge is 0.306 e. The van der Waals surface area contributed by atoms with E-state index >= 15 is 0 Å². The lowest BCUT2D eigenvalue weighted by Crippen LogP contribution is -2.28. The van der Waals surface area contributed by atoms with Crippen molar-refractivity contribution in [1.82, 2.24) is 0 Å². The molecule has 0 aliphatic rings. The Morgan fingerprint density at radius 3 is 1.96 bits per heavy atom. The lowest BCUT2D eigenvalue weighted by Gasteiger charge is -2.07. The van der Waals surface area contributed by atoms with Gasteiger partial charge in [-0.15, -0.1) is 0 Å². The molecule has 0 fully saturated rings. The maximum absolute atomic E-state index is 11.6. The summed E-state index contributed by atoms with van der Waals surface area (Å²) in [4.78, 5) is 22.6. The maximum atomic E-state index is 11.6. The number of rotatable bonds is 19. The third-order valence-corrected chi connectivity index (χ3v) is 5.57. The number of unbranched alkanes of at least 4 members (excludes halogenated alkanes) is 10. The van der Waals surface area contributed by atoms with Crippen molar-refractivity contribution in [3.05, 3.63) is 0 Å². The monoisotopic (exact) mass is 387 g/mol. The summed E-state index contributed by atoms with van der Waals surface area (Å²) in [5.74, 6) is 1.46. The van der Waals surface area contributed by atoms with Crippen LogP contribution in [-0.2, 0) is 14.3 Å². The van der Waals surface area contributed by atoms with Crippen LogP contribution in [0.25, 0.3) is 0 Å². The lowest BCUT2D eigenvalue weighted by atomic mass is 10.1. The first-order valence-electron chi connectivity index (χ1n) is 10.6. The number of ketones is 1. The summed E-state index contributed by atoms with van der Waals surface area (Å²) in [6, 6.07) is -0.365. The van der Waals surface area contributed by atoms with Crippen molar-refractivity contribution < 1.29 is 14.3 Å². The van der Waals surface area contributed by atoms with Crippen LogP contribution in [0.1, 0.15) is 97.3 Å². The lowest BCUT2D eigenvalue weighted by molar-refractivity contribution is -0.143. The Balaban J connectivity index is 3.23. The van der Waals surface area contributed by atoms with Crippen LogP contribution in [0.5, 0.6) is 0 Å². The molecule has 0 spiro atoms. The number of hydrogen-bond donors (Lipinski definition) is 1. The van der Waals surface area contributed by atoms with Crippen LogP contribution in [0.15, 0.2) is 0 Å². The van der Waals surface area contributed by atoms with Gasteiger partial charge in [0.25, 0.3) is 0 Å². The first-order valence-corrected chi connectivity index (χ1v) is 11.7. The van der Waals surface area contributed by atoms with E-state index in [-0.39, 0.29) is 17.8 Å². The maximum Gasteiger partial charge on any atom is 0.306 e. The molecule has 0 aromatic carbocycles. The second kappa shape index (κ2) is 19.2. The molecule has 1 atom stereocenters. The van der Waals surface area contributed by atoms with Gasteiger partial charge in [0.05, 0.1) is 19.1 Å². The summed E-state index contributed by atoms with van der Waals surface area (Å²) < 4.78 is 5.26. The van der Waals surface area contributed by atoms with E-state index < -0.39 is 0 Å². The van der Waals surface area contributed by atoms with Gasteiger partial charge in [-0.2, -0.15) is 11.8 Å². The Morgan fingerprint density at radius 1 is 0.885 bits per heavy atom. The fourth-order valence-corrected chi connectivity index (χ4v) is 3.63. The highest BCUT2D eigenvalue weighted by molar-refractivity contribution is 7.99. The second-order valence-corrected chi connectivity index (χ2v) is 8.35. The number of hydrogen-bond acceptors (Lipinski definition) is 5. The molecule has 154 valence electrons. The topological polar surface area (TPSA) is 69.4 Å². The summed E-state index contributed by atoms with van der Waals surface area (Å²) in [5.41, 5.74) is 5.66. The van der Waals surface area contributed by atoms with E-state index in [1.54, 1.807) is 11.8 Å². The molecule has 0 amide bonds. The summed E-state index contributed by atoms with van der Waals surface area (Å²) in [5, 5.41) is 0. The van der Waals surface area contributed by atoms with E-state index in [9.17, 15) is 9.59 Å². The van der Waals surface area contributed by atoms with Crippen LogP contribution in [0.2, 0.25) is 0 Å². The second-order valence-electron chi connectivity index (χ2n) is 7.12. The van der Waals surface area contributed by atoms with Gasteiger partial charge < -0.3 is 10.5 Å². The van der Waals surface area contributed by atoms with E-state index in [2.05, 4.69) is 6.92 Å². The predicted molar refractivity (Wildman–Crippen MR) is 113 cm³/mol. The molecule has 1 unspecified atom stereocenters.